The first-order chi connectivity index (χ1) is 19.0. The number of carbonyl (C=O) groups is 4. The van der Waals surface area contributed by atoms with Crippen LogP contribution >= 0.6 is 43.2 Å². The van der Waals surface area contributed by atoms with Gasteiger partial charge < -0.3 is 20.0 Å². The number of unbranched alkanes of at least 4 members (excludes halogenated alkanes) is 1. The Labute approximate surface area is 256 Å². The number of nitrogens with zero attached hydrogens (tertiary/aromatic N) is 2. The monoisotopic (exact) mass is 636 g/mol. The van der Waals surface area contributed by atoms with Crippen molar-refractivity contribution in [3.05, 3.63) is 0 Å². The van der Waals surface area contributed by atoms with Crippen molar-refractivity contribution in [1.82, 2.24) is 9.80 Å². The molecule has 8 nitrogen and oxygen atoms in total. The van der Waals surface area contributed by atoms with Gasteiger partial charge in [0.15, 0.2) is 0 Å². The Morgan fingerprint density at radius 3 is 1.82 bits per heavy atom. The molecule has 5 unspecified atom stereocenters. The number of hydrogen-bond acceptors (Lipinski definition) is 8. The zero-order valence-corrected chi connectivity index (χ0v) is 27.7. The highest BCUT2D eigenvalue weighted by Gasteiger charge is 2.36. The lowest BCUT2D eigenvalue weighted by Gasteiger charge is -2.25. The van der Waals surface area contributed by atoms with E-state index in [1.807, 2.05) is 35.4 Å². The molecular formula is C28H48N2O6S4. The lowest BCUT2D eigenvalue weighted by atomic mass is 10.0. The quantitative estimate of drug-likeness (QED) is 0.126. The minimum atomic E-state index is -0.907. The first kappa shape index (κ1) is 35.5. The van der Waals surface area contributed by atoms with Crippen LogP contribution in [0.25, 0.3) is 0 Å². The predicted molar refractivity (Wildman–Crippen MR) is 170 cm³/mol. The number of hydrogen-bond donors (Lipinski definition) is 2. The summed E-state index contributed by atoms with van der Waals surface area (Å²) in [5.74, 6) is 0.890. The molecule has 0 bridgehead atoms. The molecule has 230 valence electrons. The molecule has 2 amide bonds. The third-order valence-electron chi connectivity index (χ3n) is 7.54. The van der Waals surface area contributed by atoms with Crippen LogP contribution in [0.2, 0.25) is 0 Å². The Morgan fingerprint density at radius 2 is 1.27 bits per heavy atom. The van der Waals surface area contributed by atoms with E-state index in [-0.39, 0.29) is 23.7 Å². The number of amides is 2. The van der Waals surface area contributed by atoms with Gasteiger partial charge >= 0.3 is 11.9 Å². The first-order valence-corrected chi connectivity index (χ1v) is 19.5. The summed E-state index contributed by atoms with van der Waals surface area (Å²) in [6.45, 7) is 9.38. The van der Waals surface area contributed by atoms with Crippen molar-refractivity contribution in [1.29, 1.82) is 0 Å². The normalized spacial score (nSPS) is 21.5. The van der Waals surface area contributed by atoms with E-state index in [0.717, 1.165) is 37.2 Å². The van der Waals surface area contributed by atoms with Crippen molar-refractivity contribution in [3.8, 4) is 0 Å². The van der Waals surface area contributed by atoms with E-state index < -0.39 is 24.0 Å². The third kappa shape index (κ3) is 11.9. The molecule has 2 rings (SSSR count). The molecule has 0 radical (unpaired) electrons. The predicted octanol–water partition coefficient (Wildman–Crippen LogP) is 6.15. The van der Waals surface area contributed by atoms with Crippen molar-refractivity contribution in [3.63, 3.8) is 0 Å². The number of rotatable bonds is 19. The summed E-state index contributed by atoms with van der Waals surface area (Å²) in [6, 6.07) is -1.35. The number of carbonyl (C=O) groups excluding carboxylic acids is 2. The number of likely N-dealkylation sites (tertiary alicyclic amines) is 2. The van der Waals surface area contributed by atoms with E-state index in [9.17, 15) is 29.4 Å². The molecule has 0 saturated carbocycles. The standard InChI is InChI=1S/C28H48N2O6S4/c1-19(2)9-5-6-10-22(40-39-17-21(4)26(32)30-15-8-12-24(30)28(35)36)18-38-37-16-13-20(3)25(31)29-14-7-11-23(29)27(33)34/h19-24H,5-18H2,1-4H3,(H,33,34)(H,35,36). The summed E-state index contributed by atoms with van der Waals surface area (Å²) in [7, 11) is 7.17. The summed E-state index contributed by atoms with van der Waals surface area (Å²) in [4.78, 5) is 51.6. The lowest BCUT2D eigenvalue weighted by Crippen LogP contribution is -2.43. The maximum Gasteiger partial charge on any atom is 0.326 e. The molecule has 5 atom stereocenters. The molecule has 2 heterocycles. The molecule has 0 aromatic rings. The summed E-state index contributed by atoms with van der Waals surface area (Å²) in [5, 5.41) is 19.2. The fourth-order valence-corrected chi connectivity index (χ4v) is 11.3. The molecule has 0 spiro atoms. The SMILES string of the molecule is CC(C)CCCCC(CSSCCC(C)C(=O)N1CCCC1C(=O)O)SSCC(C)C(=O)N1CCCC1C(=O)O. The second-order valence-electron chi connectivity index (χ2n) is 11.4. The van der Waals surface area contributed by atoms with Gasteiger partial charge in [-0.3, -0.25) is 9.59 Å². The van der Waals surface area contributed by atoms with Gasteiger partial charge in [0.05, 0.1) is 0 Å². The second kappa shape index (κ2) is 18.7. The zero-order valence-electron chi connectivity index (χ0n) is 24.4. The smallest absolute Gasteiger partial charge is 0.326 e. The fourth-order valence-electron chi connectivity index (χ4n) is 5.06. The molecule has 2 aliphatic heterocycles. The van der Waals surface area contributed by atoms with Crippen LogP contribution in [-0.2, 0) is 19.2 Å². The van der Waals surface area contributed by atoms with Crippen LogP contribution in [0.1, 0.15) is 85.5 Å². The Hall–Kier alpha value is -0.720. The highest BCUT2D eigenvalue weighted by atomic mass is 33.1. The molecule has 2 aliphatic rings. The Bertz CT molecular complexity index is 833. The van der Waals surface area contributed by atoms with E-state index in [2.05, 4.69) is 13.8 Å². The summed E-state index contributed by atoms with van der Waals surface area (Å²) < 4.78 is 0. The van der Waals surface area contributed by atoms with Gasteiger partial charge in [-0.1, -0.05) is 90.1 Å². The van der Waals surface area contributed by atoms with Crippen LogP contribution in [0.15, 0.2) is 0 Å². The molecule has 2 N–H and O–H groups in total. The molecule has 0 aliphatic carbocycles. The van der Waals surface area contributed by atoms with Gasteiger partial charge in [0.25, 0.3) is 0 Å². The van der Waals surface area contributed by atoms with E-state index in [1.54, 1.807) is 31.4 Å². The van der Waals surface area contributed by atoms with Crippen LogP contribution in [0, 0.1) is 17.8 Å². The highest BCUT2D eigenvalue weighted by Crippen LogP contribution is 2.37. The van der Waals surface area contributed by atoms with Crippen molar-refractivity contribution in [2.24, 2.45) is 17.8 Å². The maximum atomic E-state index is 12.9. The Kier molecular flexibility index (Phi) is 16.6. The third-order valence-corrected chi connectivity index (χ3v) is 13.3. The van der Waals surface area contributed by atoms with Gasteiger partial charge in [-0.15, -0.1) is 0 Å². The van der Waals surface area contributed by atoms with Gasteiger partial charge in [0.1, 0.15) is 12.1 Å². The van der Waals surface area contributed by atoms with E-state index in [4.69, 9.17) is 0 Å². The average molecular weight is 637 g/mol. The molecule has 0 aromatic heterocycles. The Balaban J connectivity index is 1.74. The molecule has 0 aromatic carbocycles. The van der Waals surface area contributed by atoms with Gasteiger partial charge in [-0.05, 0) is 44.4 Å². The van der Waals surface area contributed by atoms with Crippen molar-refractivity contribution in [2.45, 2.75) is 103 Å². The van der Waals surface area contributed by atoms with Crippen molar-refractivity contribution >= 4 is 66.9 Å². The molecule has 12 heteroatoms. The first-order valence-electron chi connectivity index (χ1n) is 14.6. The fraction of sp³-hybridized carbons (Fsp3) is 0.857. The lowest BCUT2D eigenvalue weighted by molar-refractivity contribution is -0.149. The van der Waals surface area contributed by atoms with Crippen molar-refractivity contribution < 1.29 is 29.4 Å². The summed E-state index contributed by atoms with van der Waals surface area (Å²) >= 11 is 0. The molecule has 40 heavy (non-hydrogen) atoms. The Morgan fingerprint density at radius 1 is 0.725 bits per heavy atom. The van der Waals surface area contributed by atoms with Gasteiger partial charge in [-0.2, -0.15) is 0 Å². The largest absolute Gasteiger partial charge is 0.480 e. The number of carboxylic acid groups (broad SMARTS) is 2. The minimum absolute atomic E-state index is 0.0437. The molecular weight excluding hydrogens is 589 g/mol. The van der Waals surface area contributed by atoms with Crippen molar-refractivity contribution in [2.75, 3.05) is 30.3 Å². The second-order valence-corrected chi connectivity index (χ2v) is 16.8. The molecule has 2 saturated heterocycles. The topological polar surface area (TPSA) is 115 Å². The average Bonchev–Trinajstić information content (AvgIpc) is 3.59. The van der Waals surface area contributed by atoms with Gasteiger partial charge in [0.2, 0.25) is 11.8 Å². The van der Waals surface area contributed by atoms with Crippen LogP contribution in [0.5, 0.6) is 0 Å². The highest BCUT2D eigenvalue weighted by molar-refractivity contribution is 8.78. The number of carboxylic acids is 2. The van der Waals surface area contributed by atoms with Crippen LogP contribution in [0.3, 0.4) is 0 Å². The van der Waals surface area contributed by atoms with E-state index in [1.165, 1.54) is 19.3 Å². The van der Waals surface area contributed by atoms with E-state index in [0.29, 0.717) is 42.9 Å². The van der Waals surface area contributed by atoms with Crippen LogP contribution < -0.4 is 0 Å². The zero-order chi connectivity index (χ0) is 29.7. The van der Waals surface area contributed by atoms with Crippen LogP contribution in [-0.4, -0.2) is 91.4 Å². The van der Waals surface area contributed by atoms with E-state index >= 15 is 0 Å². The van der Waals surface area contributed by atoms with Gasteiger partial charge in [0, 0.05) is 47.4 Å². The maximum absolute atomic E-state index is 12.9. The minimum Gasteiger partial charge on any atom is -0.480 e. The van der Waals surface area contributed by atoms with Gasteiger partial charge in [-0.25, -0.2) is 9.59 Å². The van der Waals surface area contributed by atoms with Crippen LogP contribution in [0.4, 0.5) is 0 Å². The summed E-state index contributed by atoms with van der Waals surface area (Å²) in [5.41, 5.74) is 0. The molecule has 2 fully saturated rings. The number of aliphatic carboxylic acids is 2. The summed E-state index contributed by atoms with van der Waals surface area (Å²) in [6.07, 6.45) is 8.05.